The molecule has 3 rings (SSSR count). The molecule has 0 aliphatic rings. The van der Waals surface area contributed by atoms with Crippen LogP contribution in [0.1, 0.15) is 62.1 Å². The lowest BCUT2D eigenvalue weighted by atomic mass is 9.97. The summed E-state index contributed by atoms with van der Waals surface area (Å²) in [6, 6.07) is 9.25. The summed E-state index contributed by atoms with van der Waals surface area (Å²) in [5, 5.41) is 7.48. The van der Waals surface area contributed by atoms with Gasteiger partial charge in [0.2, 0.25) is 11.8 Å². The molecule has 3 N–H and O–H groups in total. The fourth-order valence-electron chi connectivity index (χ4n) is 4.93. The molecule has 1 heterocycles. The number of carbonyl (C=O) groups excluding carboxylic acids is 5. The van der Waals surface area contributed by atoms with Crippen molar-refractivity contribution in [2.75, 3.05) is 7.11 Å². The summed E-state index contributed by atoms with van der Waals surface area (Å²) in [4.78, 5) is 78.3. The van der Waals surface area contributed by atoms with Gasteiger partial charge in [-0.05, 0) is 68.1 Å². The van der Waals surface area contributed by atoms with Gasteiger partial charge in [-0.25, -0.2) is 0 Å². The molecule has 0 spiro atoms. The highest BCUT2D eigenvalue weighted by atomic mass is 35.5. The first-order valence-corrected chi connectivity index (χ1v) is 16.4. The van der Waals surface area contributed by atoms with Crippen molar-refractivity contribution in [3.8, 4) is 5.75 Å². The Kier molecular flexibility index (Phi) is 13.8. The van der Waals surface area contributed by atoms with Crippen LogP contribution >= 0.6 is 11.6 Å². The fraction of sp³-hybridized carbons (Fsp3) is 0.389. The molecule has 3 amide bonds. The predicted octanol–water partition coefficient (Wildman–Crippen LogP) is 4.32. The smallest absolute Gasteiger partial charge is 0.452 e. The maximum Gasteiger partial charge on any atom is 0.452 e. The average molecular weight is 749 g/mol. The van der Waals surface area contributed by atoms with Crippen molar-refractivity contribution in [1.82, 2.24) is 20.5 Å². The lowest BCUT2D eigenvalue weighted by molar-refractivity contribution is -0.175. The topological polar surface area (TPSA) is 162 Å². The monoisotopic (exact) mass is 748 g/mol. The Morgan fingerprint density at radius 2 is 1.54 bits per heavy atom. The maximum atomic E-state index is 14.0. The van der Waals surface area contributed by atoms with Crippen LogP contribution in [0.25, 0.3) is 0 Å². The van der Waals surface area contributed by atoms with E-state index in [-0.39, 0.29) is 17.5 Å². The molecule has 0 unspecified atom stereocenters. The Morgan fingerprint density at radius 3 is 2.08 bits per heavy atom. The first-order valence-electron chi connectivity index (χ1n) is 16.0. The number of nitrogens with one attached hydrogen (secondary N) is 3. The molecular formula is C36H40ClF3N4O8. The van der Waals surface area contributed by atoms with Gasteiger partial charge in [0.1, 0.15) is 30.0 Å². The standard InChI is InChI=1S/C36H40ClF3N4O8/c1-20(2)29(31(47)36(38,39)40)42-34(50)30(22-10-12-25(51-6)13-11-22)43-33(49)26(17-21-8-7-9-24(37)16-21)41-32(48)23-14-15-44(27(45)18-23)19-28(46)52-35(3,4)5/h7-16,18,20,26,29-30H,17,19H2,1-6H3,(H,41,48)(H,42,50)(H,43,49)/t26-,29-,30-/m0/s1. The van der Waals surface area contributed by atoms with E-state index in [0.29, 0.717) is 16.3 Å². The number of aromatic nitrogens is 1. The fourth-order valence-corrected chi connectivity index (χ4v) is 5.14. The van der Waals surface area contributed by atoms with Crippen molar-refractivity contribution in [2.24, 2.45) is 5.92 Å². The zero-order chi connectivity index (χ0) is 39.0. The molecule has 1 aromatic heterocycles. The summed E-state index contributed by atoms with van der Waals surface area (Å²) in [5.41, 5.74) is -1.05. The molecule has 52 heavy (non-hydrogen) atoms. The predicted molar refractivity (Wildman–Crippen MR) is 185 cm³/mol. The molecule has 2 aromatic carbocycles. The summed E-state index contributed by atoms with van der Waals surface area (Å²) in [5.74, 6) is -6.38. The van der Waals surface area contributed by atoms with Crippen LogP contribution in [0.15, 0.2) is 71.7 Å². The molecule has 0 aliphatic carbocycles. The van der Waals surface area contributed by atoms with E-state index in [1.54, 1.807) is 39.0 Å². The Morgan fingerprint density at radius 1 is 0.885 bits per heavy atom. The summed E-state index contributed by atoms with van der Waals surface area (Å²) >= 11 is 6.15. The Labute approximate surface area is 303 Å². The van der Waals surface area contributed by atoms with Gasteiger partial charge in [-0.1, -0.05) is 49.7 Å². The molecule has 3 atom stereocenters. The number of alkyl halides is 3. The summed E-state index contributed by atoms with van der Waals surface area (Å²) < 4.78 is 51.7. The molecule has 280 valence electrons. The maximum absolute atomic E-state index is 14.0. The highest BCUT2D eigenvalue weighted by Gasteiger charge is 2.45. The lowest BCUT2D eigenvalue weighted by Crippen LogP contribution is -2.55. The van der Waals surface area contributed by atoms with E-state index in [1.807, 2.05) is 0 Å². The molecule has 12 nitrogen and oxygen atoms in total. The summed E-state index contributed by atoms with van der Waals surface area (Å²) in [6.45, 7) is 7.22. The number of halogens is 4. The third kappa shape index (κ3) is 12.0. The number of methoxy groups -OCH3 is 1. The molecule has 0 radical (unpaired) electrons. The second kappa shape index (κ2) is 17.4. The minimum absolute atomic E-state index is 0.120. The highest BCUT2D eigenvalue weighted by Crippen LogP contribution is 2.24. The number of esters is 1. The SMILES string of the molecule is COc1ccc([C@H](NC(=O)[C@H](Cc2cccc(Cl)c2)NC(=O)c2ccn(CC(=O)OC(C)(C)C)c(=O)c2)C(=O)N[C@H](C(=O)C(F)(F)F)C(C)C)cc1. The zero-order valence-electron chi connectivity index (χ0n) is 29.3. The minimum Gasteiger partial charge on any atom is -0.497 e. The molecule has 0 fully saturated rings. The molecular weight excluding hydrogens is 709 g/mol. The van der Waals surface area contributed by atoms with Crippen molar-refractivity contribution in [3.63, 3.8) is 0 Å². The van der Waals surface area contributed by atoms with E-state index in [1.165, 1.54) is 63.6 Å². The number of hydrogen-bond acceptors (Lipinski definition) is 8. The van der Waals surface area contributed by atoms with Gasteiger partial charge >= 0.3 is 12.1 Å². The number of hydrogen-bond donors (Lipinski definition) is 3. The van der Waals surface area contributed by atoms with Crippen LogP contribution in [0.5, 0.6) is 5.75 Å². The molecule has 0 saturated carbocycles. The van der Waals surface area contributed by atoms with E-state index in [2.05, 4.69) is 16.0 Å². The van der Waals surface area contributed by atoms with Gasteiger partial charge in [0.15, 0.2) is 0 Å². The van der Waals surface area contributed by atoms with Crippen molar-refractivity contribution in [2.45, 2.75) is 77.5 Å². The van der Waals surface area contributed by atoms with Gasteiger partial charge in [0.05, 0.1) is 13.2 Å². The second-order valence-corrected chi connectivity index (χ2v) is 13.6. The molecule has 16 heteroatoms. The minimum atomic E-state index is -5.25. The van der Waals surface area contributed by atoms with E-state index in [4.69, 9.17) is 21.1 Å². The first kappa shape index (κ1) is 41.2. The van der Waals surface area contributed by atoms with Gasteiger partial charge < -0.3 is 30.0 Å². The van der Waals surface area contributed by atoms with Crippen LogP contribution in [0, 0.1) is 5.92 Å². The normalized spacial score (nSPS) is 13.4. The molecule has 0 saturated heterocycles. The van der Waals surface area contributed by atoms with Gasteiger partial charge in [-0.15, -0.1) is 0 Å². The van der Waals surface area contributed by atoms with E-state index in [9.17, 15) is 41.9 Å². The number of nitrogens with zero attached hydrogens (tertiary/aromatic N) is 1. The Hall–Kier alpha value is -5.18. The third-order valence-electron chi connectivity index (χ3n) is 7.45. The first-order chi connectivity index (χ1) is 24.2. The van der Waals surface area contributed by atoms with Crippen molar-refractivity contribution in [3.05, 3.63) is 98.9 Å². The molecule has 0 aliphatic heterocycles. The van der Waals surface area contributed by atoms with Crippen LogP contribution in [-0.4, -0.2) is 65.0 Å². The number of ether oxygens (including phenoxy) is 2. The number of carbonyl (C=O) groups is 5. The van der Waals surface area contributed by atoms with E-state index < -0.39 is 77.4 Å². The third-order valence-corrected chi connectivity index (χ3v) is 7.69. The van der Waals surface area contributed by atoms with Gasteiger partial charge in [0.25, 0.3) is 17.2 Å². The average Bonchev–Trinajstić information content (AvgIpc) is 3.04. The summed E-state index contributed by atoms with van der Waals surface area (Å²) in [6.07, 6.45) is -4.21. The second-order valence-electron chi connectivity index (χ2n) is 13.1. The quantitative estimate of drug-likeness (QED) is 0.206. The Bertz CT molecular complexity index is 1840. The van der Waals surface area contributed by atoms with Gasteiger partial charge in [-0.3, -0.25) is 28.8 Å². The van der Waals surface area contributed by atoms with Crippen molar-refractivity contribution in [1.29, 1.82) is 0 Å². The number of Topliss-reactive ketones (excluding diaryl/α,β-unsaturated/α-hetero) is 1. The molecule has 0 bridgehead atoms. The van der Waals surface area contributed by atoms with Crippen LogP contribution in [-0.2, 0) is 36.9 Å². The highest BCUT2D eigenvalue weighted by molar-refractivity contribution is 6.30. The van der Waals surface area contributed by atoms with Crippen LogP contribution in [0.4, 0.5) is 13.2 Å². The molecule has 3 aromatic rings. The van der Waals surface area contributed by atoms with Crippen LogP contribution < -0.4 is 26.2 Å². The van der Waals surface area contributed by atoms with Crippen LogP contribution in [0.3, 0.4) is 0 Å². The van der Waals surface area contributed by atoms with Crippen molar-refractivity contribution >= 4 is 41.1 Å². The number of amides is 3. The summed E-state index contributed by atoms with van der Waals surface area (Å²) in [7, 11) is 1.39. The zero-order valence-corrected chi connectivity index (χ0v) is 30.1. The van der Waals surface area contributed by atoms with Gasteiger partial charge in [0, 0.05) is 29.3 Å². The van der Waals surface area contributed by atoms with E-state index in [0.717, 1.165) is 10.6 Å². The van der Waals surface area contributed by atoms with Gasteiger partial charge in [-0.2, -0.15) is 13.2 Å². The van der Waals surface area contributed by atoms with Crippen molar-refractivity contribution < 1.29 is 46.6 Å². The number of pyridine rings is 1. The number of rotatable bonds is 14. The van der Waals surface area contributed by atoms with E-state index >= 15 is 0 Å². The number of benzene rings is 2. The lowest BCUT2D eigenvalue weighted by Gasteiger charge is -2.27. The largest absolute Gasteiger partial charge is 0.497 e. The van der Waals surface area contributed by atoms with Crippen LogP contribution in [0.2, 0.25) is 5.02 Å². The number of ketones is 1. The Balaban J connectivity index is 1.96.